The van der Waals surface area contributed by atoms with Crippen LogP contribution in [0.1, 0.15) is 11.7 Å². The lowest BCUT2D eigenvalue weighted by molar-refractivity contribution is 0.392. The maximum atomic E-state index is 4.66. The van der Waals surface area contributed by atoms with Crippen LogP contribution in [0.5, 0.6) is 0 Å². The number of hydrogen-bond donors (Lipinski definition) is 0. The van der Waals surface area contributed by atoms with Crippen LogP contribution in [-0.4, -0.2) is 23.4 Å². The van der Waals surface area contributed by atoms with E-state index >= 15 is 0 Å². The van der Waals surface area contributed by atoms with Crippen LogP contribution in [0.2, 0.25) is 0 Å². The molecular weight excluding hydrogens is 118 g/mol. The van der Waals surface area contributed by atoms with Gasteiger partial charge < -0.3 is 4.52 Å². The molecule has 48 valence electrons. The summed E-state index contributed by atoms with van der Waals surface area (Å²) in [5, 5.41) is 3.57. The van der Waals surface area contributed by atoms with Gasteiger partial charge in [-0.25, -0.2) is 0 Å². The second kappa shape index (κ2) is 2.39. The van der Waals surface area contributed by atoms with Crippen LogP contribution < -0.4 is 0 Å². The molecule has 0 fully saturated rings. The summed E-state index contributed by atoms with van der Waals surface area (Å²) in [6.07, 6.45) is 1.54. The van der Waals surface area contributed by atoms with Gasteiger partial charge in [-0.3, -0.25) is 4.99 Å². The molecule has 1 heterocycles. The number of rotatable bonds is 1. The molecule has 0 N–H and O–H groups in total. The molecular formula is C5H7N3O. The third-order valence-corrected chi connectivity index (χ3v) is 0.788. The first-order valence-corrected chi connectivity index (χ1v) is 2.55. The molecule has 0 bridgehead atoms. The molecule has 0 atom stereocenters. The molecule has 0 saturated heterocycles. The molecule has 0 unspecified atom stereocenters. The van der Waals surface area contributed by atoms with Gasteiger partial charge in [0, 0.05) is 14.0 Å². The highest BCUT2D eigenvalue weighted by atomic mass is 16.5. The van der Waals surface area contributed by atoms with Crippen molar-refractivity contribution in [3.63, 3.8) is 0 Å². The third-order valence-electron chi connectivity index (χ3n) is 0.788. The van der Waals surface area contributed by atoms with E-state index in [-0.39, 0.29) is 0 Å². The predicted octanol–water partition coefficient (Wildman–Crippen LogP) is 0.427. The van der Waals surface area contributed by atoms with E-state index in [2.05, 4.69) is 19.7 Å². The smallest absolute Gasteiger partial charge is 0.223 e. The maximum absolute atomic E-state index is 4.66. The fourth-order valence-electron chi connectivity index (χ4n) is 0.483. The van der Waals surface area contributed by atoms with E-state index < -0.39 is 0 Å². The first-order valence-electron chi connectivity index (χ1n) is 2.55. The summed E-state index contributed by atoms with van der Waals surface area (Å²) >= 11 is 0. The van der Waals surface area contributed by atoms with Crippen molar-refractivity contribution in [3.8, 4) is 0 Å². The zero-order valence-corrected chi connectivity index (χ0v) is 5.33. The fraction of sp³-hybridized carbons (Fsp3) is 0.400. The average molecular weight is 125 g/mol. The second-order valence-corrected chi connectivity index (χ2v) is 1.56. The van der Waals surface area contributed by atoms with E-state index in [1.807, 2.05) is 0 Å². The van der Waals surface area contributed by atoms with Crippen molar-refractivity contribution in [2.24, 2.45) is 4.99 Å². The Morgan fingerprint density at radius 3 is 2.89 bits per heavy atom. The zero-order chi connectivity index (χ0) is 6.69. The van der Waals surface area contributed by atoms with Crippen molar-refractivity contribution in [2.45, 2.75) is 6.92 Å². The van der Waals surface area contributed by atoms with Gasteiger partial charge in [-0.2, -0.15) is 4.98 Å². The number of aliphatic imine (C=N–C) groups is 1. The van der Waals surface area contributed by atoms with E-state index in [0.29, 0.717) is 11.7 Å². The highest BCUT2D eigenvalue weighted by molar-refractivity contribution is 5.73. The summed E-state index contributed by atoms with van der Waals surface area (Å²) in [6, 6.07) is 0. The Bertz CT molecular complexity index is 216. The highest BCUT2D eigenvalue weighted by Crippen LogP contribution is 1.89. The zero-order valence-electron chi connectivity index (χ0n) is 5.33. The first kappa shape index (κ1) is 5.94. The molecule has 0 radical (unpaired) electrons. The summed E-state index contributed by atoms with van der Waals surface area (Å²) in [6.45, 7) is 1.74. The first-order chi connectivity index (χ1) is 4.33. The van der Waals surface area contributed by atoms with Crippen molar-refractivity contribution < 1.29 is 4.52 Å². The van der Waals surface area contributed by atoms with Crippen LogP contribution in [0.25, 0.3) is 0 Å². The summed E-state index contributed by atoms with van der Waals surface area (Å²) in [7, 11) is 1.66. The fourth-order valence-corrected chi connectivity index (χ4v) is 0.483. The molecule has 4 nitrogen and oxygen atoms in total. The normalized spacial score (nSPS) is 10.9. The average Bonchev–Trinajstić information content (AvgIpc) is 2.17. The van der Waals surface area contributed by atoms with Crippen molar-refractivity contribution >= 4 is 6.21 Å². The SMILES string of the molecule is C/N=C/c1noc(C)n1. The van der Waals surface area contributed by atoms with Crippen molar-refractivity contribution in [3.05, 3.63) is 11.7 Å². The second-order valence-electron chi connectivity index (χ2n) is 1.56. The Balaban J connectivity index is 2.85. The van der Waals surface area contributed by atoms with Gasteiger partial charge in [-0.05, 0) is 0 Å². The monoisotopic (exact) mass is 125 g/mol. The van der Waals surface area contributed by atoms with Crippen LogP contribution >= 0.6 is 0 Å². The van der Waals surface area contributed by atoms with Gasteiger partial charge in [0.25, 0.3) is 0 Å². The topological polar surface area (TPSA) is 51.3 Å². The highest BCUT2D eigenvalue weighted by Gasteiger charge is 1.94. The Morgan fingerprint density at radius 2 is 2.44 bits per heavy atom. The minimum Gasteiger partial charge on any atom is -0.339 e. The summed E-state index contributed by atoms with van der Waals surface area (Å²) in [4.78, 5) is 7.58. The van der Waals surface area contributed by atoms with Crippen LogP contribution in [0.15, 0.2) is 9.52 Å². The lowest BCUT2D eigenvalue weighted by Crippen LogP contribution is -1.82. The van der Waals surface area contributed by atoms with Gasteiger partial charge in [-0.1, -0.05) is 5.16 Å². The summed E-state index contributed by atoms with van der Waals surface area (Å²) < 4.78 is 4.66. The standard InChI is InChI=1S/C5H7N3O/c1-4-7-5(3-6-2)8-9-4/h3H,1-2H3/b6-3+. The largest absolute Gasteiger partial charge is 0.339 e. The van der Waals surface area contributed by atoms with Crippen molar-refractivity contribution in [1.82, 2.24) is 10.1 Å². The van der Waals surface area contributed by atoms with Gasteiger partial charge >= 0.3 is 0 Å². The Morgan fingerprint density at radius 1 is 1.67 bits per heavy atom. The Kier molecular flexibility index (Phi) is 1.58. The Labute approximate surface area is 52.6 Å². The van der Waals surface area contributed by atoms with Gasteiger partial charge in [0.05, 0.1) is 6.21 Å². The molecule has 1 aromatic heterocycles. The number of aromatic nitrogens is 2. The number of aryl methyl sites for hydroxylation is 1. The summed E-state index contributed by atoms with van der Waals surface area (Å²) in [5.41, 5.74) is 0. The van der Waals surface area contributed by atoms with Crippen LogP contribution in [0, 0.1) is 6.92 Å². The molecule has 0 aromatic carbocycles. The third kappa shape index (κ3) is 1.35. The number of hydrogen-bond acceptors (Lipinski definition) is 4. The van der Waals surface area contributed by atoms with Gasteiger partial charge in [0.2, 0.25) is 11.7 Å². The van der Waals surface area contributed by atoms with E-state index in [1.54, 1.807) is 14.0 Å². The van der Waals surface area contributed by atoms with E-state index in [9.17, 15) is 0 Å². The van der Waals surface area contributed by atoms with E-state index in [0.717, 1.165) is 0 Å². The maximum Gasteiger partial charge on any atom is 0.223 e. The van der Waals surface area contributed by atoms with Crippen LogP contribution in [0.4, 0.5) is 0 Å². The predicted molar refractivity (Wildman–Crippen MR) is 32.6 cm³/mol. The van der Waals surface area contributed by atoms with Crippen molar-refractivity contribution in [2.75, 3.05) is 7.05 Å². The van der Waals surface area contributed by atoms with E-state index in [4.69, 9.17) is 0 Å². The molecule has 0 aliphatic heterocycles. The van der Waals surface area contributed by atoms with Crippen LogP contribution in [-0.2, 0) is 0 Å². The number of nitrogens with zero attached hydrogens (tertiary/aromatic N) is 3. The lowest BCUT2D eigenvalue weighted by atomic mass is 10.7. The molecule has 0 aliphatic carbocycles. The minimum absolute atomic E-state index is 0.523. The van der Waals surface area contributed by atoms with Gasteiger partial charge in [0.1, 0.15) is 0 Å². The molecule has 4 heteroatoms. The van der Waals surface area contributed by atoms with Crippen molar-refractivity contribution in [1.29, 1.82) is 0 Å². The molecule has 0 spiro atoms. The lowest BCUT2D eigenvalue weighted by Gasteiger charge is -1.70. The van der Waals surface area contributed by atoms with Gasteiger partial charge in [0.15, 0.2) is 0 Å². The molecule has 1 rings (SSSR count). The summed E-state index contributed by atoms with van der Waals surface area (Å²) in [5.74, 6) is 1.08. The molecule has 0 aliphatic rings. The van der Waals surface area contributed by atoms with Gasteiger partial charge in [-0.15, -0.1) is 0 Å². The quantitative estimate of drug-likeness (QED) is 0.511. The van der Waals surface area contributed by atoms with E-state index in [1.165, 1.54) is 6.21 Å². The molecule has 1 aromatic rings. The minimum atomic E-state index is 0.523. The molecule has 9 heavy (non-hydrogen) atoms. The molecule has 0 amide bonds. The Hall–Kier alpha value is -1.19. The molecule has 0 saturated carbocycles. The van der Waals surface area contributed by atoms with Crippen LogP contribution in [0.3, 0.4) is 0 Å².